The number of carbonyl (C=O) groups is 1. The molecule has 2 aromatic carbocycles. The number of ether oxygens (including phenoxy) is 1. The number of piperazine rings is 1. The lowest BCUT2D eigenvalue weighted by Gasteiger charge is -2.37. The first-order valence-electron chi connectivity index (χ1n) is 9.91. The van der Waals surface area contributed by atoms with Crippen molar-refractivity contribution in [2.75, 3.05) is 38.1 Å². The molecule has 5 nitrogen and oxygen atoms in total. The number of hydrogen-bond donors (Lipinski definition) is 1. The van der Waals surface area contributed by atoms with Gasteiger partial charge < -0.3 is 10.1 Å². The van der Waals surface area contributed by atoms with Crippen LogP contribution in [0, 0.1) is 5.82 Å². The van der Waals surface area contributed by atoms with Crippen LogP contribution in [0.15, 0.2) is 42.5 Å². The second-order valence-corrected chi connectivity index (χ2v) is 7.55. The Morgan fingerprint density at radius 3 is 2.62 bits per heavy atom. The molecule has 3 rings (SSSR count). The van der Waals surface area contributed by atoms with E-state index in [9.17, 15) is 9.18 Å². The molecule has 0 saturated carbocycles. The van der Waals surface area contributed by atoms with Gasteiger partial charge in [-0.3, -0.25) is 14.6 Å². The Hall–Kier alpha value is -2.15. The van der Waals surface area contributed by atoms with E-state index in [1.165, 1.54) is 12.1 Å². The number of hydrogen-bond acceptors (Lipinski definition) is 4. The van der Waals surface area contributed by atoms with Crippen molar-refractivity contribution in [1.82, 2.24) is 9.80 Å². The summed E-state index contributed by atoms with van der Waals surface area (Å²) in [6, 6.07) is 11.7. The molecule has 29 heavy (non-hydrogen) atoms. The fourth-order valence-electron chi connectivity index (χ4n) is 3.45. The van der Waals surface area contributed by atoms with Gasteiger partial charge in [0.2, 0.25) is 5.91 Å². The van der Waals surface area contributed by atoms with E-state index < -0.39 is 0 Å². The largest absolute Gasteiger partial charge is 0.492 e. The number of nitrogens with one attached hydrogen (secondary N) is 1. The first-order chi connectivity index (χ1) is 14.0. The number of benzene rings is 2. The Bertz CT molecular complexity index is 841. The summed E-state index contributed by atoms with van der Waals surface area (Å²) >= 11 is 6.14. The average Bonchev–Trinajstić information content (AvgIpc) is 2.72. The lowest BCUT2D eigenvalue weighted by atomic mass is 10.1. The Labute approximate surface area is 176 Å². The smallest absolute Gasteiger partial charge is 0.241 e. The van der Waals surface area contributed by atoms with Gasteiger partial charge in [0, 0.05) is 37.7 Å². The van der Waals surface area contributed by atoms with Crippen LogP contribution >= 0.6 is 11.6 Å². The Morgan fingerprint density at radius 2 is 1.93 bits per heavy atom. The second-order valence-electron chi connectivity index (χ2n) is 7.14. The lowest BCUT2D eigenvalue weighted by molar-refractivity contribution is -0.121. The zero-order valence-electron chi connectivity index (χ0n) is 16.8. The van der Waals surface area contributed by atoms with Crippen LogP contribution in [0.3, 0.4) is 0 Å². The summed E-state index contributed by atoms with van der Waals surface area (Å²) in [4.78, 5) is 17.2. The molecule has 1 amide bonds. The highest BCUT2D eigenvalue weighted by atomic mass is 35.5. The highest BCUT2D eigenvalue weighted by molar-refractivity contribution is 6.31. The molecule has 0 aromatic heterocycles. The summed E-state index contributed by atoms with van der Waals surface area (Å²) in [7, 11) is 0. The molecule has 0 spiro atoms. The van der Waals surface area contributed by atoms with Gasteiger partial charge in [-0.1, -0.05) is 29.8 Å². The summed E-state index contributed by atoms with van der Waals surface area (Å²) in [5, 5.41) is 3.44. The van der Waals surface area contributed by atoms with Gasteiger partial charge in [-0.15, -0.1) is 0 Å². The normalized spacial score (nSPS) is 16.4. The zero-order chi connectivity index (χ0) is 20.8. The lowest BCUT2D eigenvalue weighted by Crippen LogP contribution is -2.52. The molecule has 1 heterocycles. The molecule has 0 aliphatic carbocycles. The number of para-hydroxylation sites is 2. The topological polar surface area (TPSA) is 44.8 Å². The van der Waals surface area contributed by atoms with E-state index in [4.69, 9.17) is 16.3 Å². The molecular weight excluding hydrogens is 393 g/mol. The maximum absolute atomic E-state index is 13.2. The van der Waals surface area contributed by atoms with E-state index >= 15 is 0 Å². The Morgan fingerprint density at radius 1 is 1.21 bits per heavy atom. The minimum Gasteiger partial charge on any atom is -0.492 e. The van der Waals surface area contributed by atoms with Gasteiger partial charge in [0.25, 0.3) is 0 Å². The predicted molar refractivity (Wildman–Crippen MR) is 114 cm³/mol. The van der Waals surface area contributed by atoms with Gasteiger partial charge in [-0.2, -0.15) is 0 Å². The zero-order valence-corrected chi connectivity index (χ0v) is 17.6. The fourth-order valence-corrected chi connectivity index (χ4v) is 3.68. The maximum Gasteiger partial charge on any atom is 0.241 e. The third-order valence-corrected chi connectivity index (χ3v) is 5.54. The van der Waals surface area contributed by atoms with Crippen molar-refractivity contribution in [1.29, 1.82) is 0 Å². The maximum atomic E-state index is 13.2. The van der Waals surface area contributed by atoms with Gasteiger partial charge >= 0.3 is 0 Å². The summed E-state index contributed by atoms with van der Waals surface area (Å²) in [5.41, 5.74) is 1.61. The van der Waals surface area contributed by atoms with Crippen molar-refractivity contribution in [2.45, 2.75) is 26.4 Å². The summed E-state index contributed by atoms with van der Waals surface area (Å²) in [6.07, 6.45) is 0. The summed E-state index contributed by atoms with van der Waals surface area (Å²) in [5.74, 6) is 0.304. The molecule has 0 bridgehead atoms. The molecule has 7 heteroatoms. The molecule has 156 valence electrons. The molecule has 1 aliphatic rings. The van der Waals surface area contributed by atoms with Crippen LogP contribution in [-0.2, 0) is 11.3 Å². The first-order valence-corrected chi connectivity index (χ1v) is 10.3. The minimum absolute atomic E-state index is 0.0489. The monoisotopic (exact) mass is 419 g/mol. The molecule has 1 N–H and O–H groups in total. The molecule has 1 saturated heterocycles. The van der Waals surface area contributed by atoms with Crippen LogP contribution in [0.1, 0.15) is 19.4 Å². The van der Waals surface area contributed by atoms with Crippen molar-refractivity contribution in [3.63, 3.8) is 0 Å². The van der Waals surface area contributed by atoms with Crippen LogP contribution in [0.4, 0.5) is 10.1 Å². The van der Waals surface area contributed by atoms with Gasteiger partial charge in [-0.25, -0.2) is 4.39 Å². The fraction of sp³-hybridized carbons (Fsp3) is 0.409. The van der Waals surface area contributed by atoms with Crippen molar-refractivity contribution < 1.29 is 13.9 Å². The standard InChI is InChI=1S/C22H27ClFN3O2/c1-3-29-21-7-5-4-6-20(21)25-22(28)16(2)27-12-10-26(11-13-27)15-17-8-9-18(24)14-19(17)23/h4-9,14,16H,3,10-13,15H2,1-2H3,(H,25,28). The third-order valence-electron chi connectivity index (χ3n) is 5.19. The van der Waals surface area contributed by atoms with E-state index in [2.05, 4.69) is 15.1 Å². The molecular formula is C22H27ClFN3O2. The predicted octanol–water partition coefficient (Wildman–Crippen LogP) is 4.02. The molecule has 1 fully saturated rings. The quantitative estimate of drug-likeness (QED) is 0.736. The van der Waals surface area contributed by atoms with Crippen molar-refractivity contribution in [3.05, 3.63) is 58.9 Å². The number of halogens is 2. The van der Waals surface area contributed by atoms with Crippen LogP contribution in [0.2, 0.25) is 5.02 Å². The highest BCUT2D eigenvalue weighted by Gasteiger charge is 2.26. The van der Waals surface area contributed by atoms with Crippen molar-refractivity contribution in [3.8, 4) is 5.75 Å². The van der Waals surface area contributed by atoms with Crippen molar-refractivity contribution in [2.24, 2.45) is 0 Å². The van der Waals surface area contributed by atoms with Crippen LogP contribution < -0.4 is 10.1 Å². The van der Waals surface area contributed by atoms with E-state index in [-0.39, 0.29) is 17.8 Å². The number of carbonyl (C=O) groups excluding carboxylic acids is 1. The number of rotatable bonds is 7. The molecule has 1 aliphatic heterocycles. The highest BCUT2D eigenvalue weighted by Crippen LogP contribution is 2.24. The summed E-state index contributed by atoms with van der Waals surface area (Å²) in [6.45, 7) is 8.26. The van der Waals surface area contributed by atoms with Crippen LogP contribution in [-0.4, -0.2) is 54.5 Å². The molecule has 0 radical (unpaired) electrons. The molecule has 1 unspecified atom stereocenters. The third kappa shape index (κ3) is 5.69. The van der Waals surface area contributed by atoms with E-state index in [0.29, 0.717) is 29.6 Å². The molecule has 1 atom stereocenters. The van der Waals surface area contributed by atoms with Crippen LogP contribution in [0.25, 0.3) is 0 Å². The average molecular weight is 420 g/mol. The van der Waals surface area contributed by atoms with E-state index in [0.717, 1.165) is 31.7 Å². The van der Waals surface area contributed by atoms with Crippen molar-refractivity contribution >= 4 is 23.2 Å². The van der Waals surface area contributed by atoms with Gasteiger partial charge in [-0.05, 0) is 43.7 Å². The van der Waals surface area contributed by atoms with Gasteiger partial charge in [0.05, 0.1) is 18.3 Å². The number of anilines is 1. The van der Waals surface area contributed by atoms with E-state index in [1.54, 1.807) is 6.07 Å². The van der Waals surface area contributed by atoms with E-state index in [1.807, 2.05) is 38.1 Å². The number of amides is 1. The Balaban J connectivity index is 1.53. The Kier molecular flexibility index (Phi) is 7.47. The molecule has 2 aromatic rings. The SMILES string of the molecule is CCOc1ccccc1NC(=O)C(C)N1CCN(Cc2ccc(F)cc2Cl)CC1. The minimum atomic E-state index is -0.325. The second kappa shape index (κ2) is 10.1. The van der Waals surface area contributed by atoms with Gasteiger partial charge in [0.1, 0.15) is 11.6 Å². The summed E-state index contributed by atoms with van der Waals surface area (Å²) < 4.78 is 18.8. The van der Waals surface area contributed by atoms with Gasteiger partial charge in [0.15, 0.2) is 0 Å². The van der Waals surface area contributed by atoms with Crippen LogP contribution in [0.5, 0.6) is 5.75 Å². The number of nitrogens with zero attached hydrogens (tertiary/aromatic N) is 2. The first kappa shape index (κ1) is 21.6.